The van der Waals surface area contributed by atoms with E-state index in [2.05, 4.69) is 50.2 Å². The highest BCUT2D eigenvalue weighted by Crippen LogP contribution is 2.45. The van der Waals surface area contributed by atoms with E-state index in [1.807, 2.05) is 66.7 Å². The molecular weight excluding hydrogens is 426 g/mol. The van der Waals surface area contributed by atoms with Gasteiger partial charge in [-0.25, -0.2) is 0 Å². The van der Waals surface area contributed by atoms with Crippen molar-refractivity contribution in [3.8, 4) is 22.4 Å². The van der Waals surface area contributed by atoms with E-state index in [0.717, 1.165) is 44.3 Å². The molecule has 0 unspecified atom stereocenters. The van der Waals surface area contributed by atoms with Crippen LogP contribution in [0.4, 0.5) is 0 Å². The summed E-state index contributed by atoms with van der Waals surface area (Å²) in [5, 5.41) is 2.10. The minimum atomic E-state index is -2.28. The van der Waals surface area contributed by atoms with E-state index < -0.39 is 12.3 Å². The molecule has 0 N–H and O–H groups in total. The third-order valence-corrected chi connectivity index (χ3v) is 6.93. The summed E-state index contributed by atoms with van der Waals surface area (Å²) in [6.07, 6.45) is 1.52. The Kier molecular flexibility index (Phi) is 4.29. The van der Waals surface area contributed by atoms with E-state index in [-0.39, 0.29) is 5.56 Å². The number of furan rings is 1. The van der Waals surface area contributed by atoms with Crippen molar-refractivity contribution < 1.29 is 8.53 Å². The first-order valence-corrected chi connectivity index (χ1v) is 11.8. The average Bonchev–Trinajstić information content (AvgIpc) is 3.31. The largest absolute Gasteiger partial charge is 0.456 e. The van der Waals surface area contributed by atoms with Crippen LogP contribution in [-0.2, 0) is 5.41 Å². The SMILES string of the molecule is [2H]C([2H])([2H])c1cnc(-c2ccc3oc4ccccc4c3c2C(C)(C)c2ccccc2)cc1-c1ccccc1. The summed E-state index contributed by atoms with van der Waals surface area (Å²) in [6, 6.07) is 34.1. The number of fused-ring (bicyclic) bond motifs is 3. The number of aromatic nitrogens is 1. The highest BCUT2D eigenvalue weighted by Gasteiger charge is 2.31. The van der Waals surface area contributed by atoms with Gasteiger partial charge in [-0.2, -0.15) is 0 Å². The summed E-state index contributed by atoms with van der Waals surface area (Å²) < 4.78 is 30.7. The Morgan fingerprint density at radius 3 is 2.23 bits per heavy atom. The Labute approximate surface area is 210 Å². The van der Waals surface area contributed by atoms with Gasteiger partial charge < -0.3 is 4.42 Å². The summed E-state index contributed by atoms with van der Waals surface area (Å²) in [4.78, 5) is 4.75. The van der Waals surface area contributed by atoms with Gasteiger partial charge in [-0.05, 0) is 58.9 Å². The normalized spacial score (nSPS) is 13.5. The molecule has 6 aromatic rings. The van der Waals surface area contributed by atoms with Crippen LogP contribution in [0, 0.1) is 6.85 Å². The quantitative estimate of drug-likeness (QED) is 0.265. The van der Waals surface area contributed by atoms with Crippen molar-refractivity contribution in [1.29, 1.82) is 0 Å². The van der Waals surface area contributed by atoms with Crippen molar-refractivity contribution >= 4 is 21.9 Å². The van der Waals surface area contributed by atoms with E-state index in [1.54, 1.807) is 0 Å². The molecule has 170 valence electrons. The predicted octanol–water partition coefficient (Wildman–Crippen LogP) is 8.95. The molecule has 0 spiro atoms. The zero-order chi connectivity index (χ0) is 26.5. The van der Waals surface area contributed by atoms with Gasteiger partial charge >= 0.3 is 0 Å². The van der Waals surface area contributed by atoms with Crippen LogP contribution >= 0.6 is 0 Å². The number of hydrogen-bond acceptors (Lipinski definition) is 2. The van der Waals surface area contributed by atoms with Crippen LogP contribution in [-0.4, -0.2) is 4.98 Å². The van der Waals surface area contributed by atoms with E-state index in [1.165, 1.54) is 11.8 Å². The van der Waals surface area contributed by atoms with Gasteiger partial charge in [0.05, 0.1) is 5.69 Å². The van der Waals surface area contributed by atoms with Gasteiger partial charge in [-0.3, -0.25) is 4.98 Å². The molecule has 0 atom stereocenters. The number of rotatable bonds is 4. The van der Waals surface area contributed by atoms with Crippen LogP contribution in [0.3, 0.4) is 0 Å². The number of hydrogen-bond donors (Lipinski definition) is 0. The molecular formula is C33H27NO. The van der Waals surface area contributed by atoms with Crippen molar-refractivity contribution in [2.75, 3.05) is 0 Å². The average molecular weight is 457 g/mol. The lowest BCUT2D eigenvalue weighted by Gasteiger charge is -2.29. The topological polar surface area (TPSA) is 26.0 Å². The second-order valence-electron chi connectivity index (χ2n) is 9.43. The summed E-state index contributed by atoms with van der Waals surface area (Å²) in [5.41, 5.74) is 6.94. The van der Waals surface area contributed by atoms with Crippen molar-refractivity contribution in [2.24, 2.45) is 0 Å². The molecule has 2 heterocycles. The highest BCUT2D eigenvalue weighted by atomic mass is 16.3. The summed E-state index contributed by atoms with van der Waals surface area (Å²) >= 11 is 0. The monoisotopic (exact) mass is 456 g/mol. The molecule has 0 radical (unpaired) electrons. The molecule has 0 fully saturated rings. The molecule has 0 saturated heterocycles. The third-order valence-electron chi connectivity index (χ3n) is 6.93. The van der Waals surface area contributed by atoms with Crippen LogP contribution in [0.1, 0.15) is 34.7 Å². The molecule has 2 aromatic heterocycles. The fourth-order valence-corrected chi connectivity index (χ4v) is 5.14. The van der Waals surface area contributed by atoms with Crippen LogP contribution in [0.15, 0.2) is 114 Å². The zero-order valence-electron chi connectivity index (χ0n) is 22.7. The van der Waals surface area contributed by atoms with E-state index >= 15 is 0 Å². The van der Waals surface area contributed by atoms with E-state index in [4.69, 9.17) is 13.5 Å². The van der Waals surface area contributed by atoms with Crippen molar-refractivity contribution in [2.45, 2.75) is 26.1 Å². The molecule has 0 aliphatic rings. The second kappa shape index (κ2) is 8.25. The number of pyridine rings is 1. The van der Waals surface area contributed by atoms with Crippen LogP contribution in [0.25, 0.3) is 44.3 Å². The Bertz CT molecular complexity index is 1770. The van der Waals surface area contributed by atoms with Crippen molar-refractivity contribution in [3.05, 3.63) is 126 Å². The Hall–Kier alpha value is -4.17. The molecule has 4 aromatic carbocycles. The maximum absolute atomic E-state index is 8.15. The minimum Gasteiger partial charge on any atom is -0.456 e. The third kappa shape index (κ3) is 3.54. The van der Waals surface area contributed by atoms with E-state index in [0.29, 0.717) is 5.56 Å². The lowest BCUT2D eigenvalue weighted by Crippen LogP contribution is -2.20. The zero-order valence-corrected chi connectivity index (χ0v) is 19.7. The summed E-state index contributed by atoms with van der Waals surface area (Å²) in [7, 11) is 0. The molecule has 0 amide bonds. The van der Waals surface area contributed by atoms with Gasteiger partial charge in [0.15, 0.2) is 0 Å². The highest BCUT2D eigenvalue weighted by molar-refractivity contribution is 6.09. The van der Waals surface area contributed by atoms with Gasteiger partial charge in [-0.15, -0.1) is 0 Å². The molecule has 0 bridgehead atoms. The number of nitrogens with zero attached hydrogens (tertiary/aromatic N) is 1. The first-order valence-electron chi connectivity index (χ1n) is 13.3. The lowest BCUT2D eigenvalue weighted by atomic mass is 9.73. The minimum absolute atomic E-state index is 0.242. The van der Waals surface area contributed by atoms with Gasteiger partial charge in [0.2, 0.25) is 0 Å². The molecule has 35 heavy (non-hydrogen) atoms. The number of benzene rings is 4. The van der Waals surface area contributed by atoms with Gasteiger partial charge in [0.25, 0.3) is 0 Å². The lowest BCUT2D eigenvalue weighted by molar-refractivity contribution is 0.643. The molecule has 2 heteroatoms. The Morgan fingerprint density at radius 1 is 0.743 bits per heavy atom. The Balaban J connectivity index is 1.70. The van der Waals surface area contributed by atoms with Gasteiger partial charge in [0, 0.05) is 32.1 Å². The maximum atomic E-state index is 8.15. The van der Waals surface area contributed by atoms with Crippen LogP contribution in [0.2, 0.25) is 0 Å². The standard InChI is InChI=1S/C33H27NO/c1-22-21-34-28(20-27(22)23-12-6-4-7-13-23)25-18-19-30-31(26-16-10-11-17-29(26)35-30)32(25)33(2,3)24-14-8-5-9-15-24/h4-21H,1-3H3/i1D3. The smallest absolute Gasteiger partial charge is 0.135 e. The molecule has 0 saturated carbocycles. The second-order valence-corrected chi connectivity index (χ2v) is 9.43. The van der Waals surface area contributed by atoms with E-state index in [9.17, 15) is 0 Å². The molecule has 0 aliphatic carbocycles. The molecule has 2 nitrogen and oxygen atoms in total. The molecule has 0 aliphatic heterocycles. The Morgan fingerprint density at radius 2 is 1.46 bits per heavy atom. The van der Waals surface area contributed by atoms with Crippen LogP contribution in [0.5, 0.6) is 0 Å². The first kappa shape index (κ1) is 18.2. The first-order chi connectivity index (χ1) is 18.2. The molecule has 6 rings (SSSR count). The van der Waals surface area contributed by atoms with Gasteiger partial charge in [0.1, 0.15) is 11.2 Å². The summed E-state index contributed by atoms with van der Waals surface area (Å²) in [6.45, 7) is 2.15. The van der Waals surface area contributed by atoms with Crippen molar-refractivity contribution in [1.82, 2.24) is 4.98 Å². The summed E-state index contributed by atoms with van der Waals surface area (Å²) in [5.74, 6) is 0. The van der Waals surface area contributed by atoms with Crippen molar-refractivity contribution in [3.63, 3.8) is 0 Å². The maximum Gasteiger partial charge on any atom is 0.135 e. The van der Waals surface area contributed by atoms with Gasteiger partial charge in [-0.1, -0.05) is 92.7 Å². The fraction of sp³-hybridized carbons (Fsp3) is 0.121. The fourth-order valence-electron chi connectivity index (χ4n) is 5.14. The number of para-hydroxylation sites is 1. The predicted molar refractivity (Wildman–Crippen MR) is 146 cm³/mol. The number of aryl methyl sites for hydroxylation is 1. The van der Waals surface area contributed by atoms with Crippen LogP contribution < -0.4 is 0 Å².